The van der Waals surface area contributed by atoms with E-state index in [1.165, 1.54) is 6.92 Å². The van der Waals surface area contributed by atoms with Gasteiger partial charge < -0.3 is 14.4 Å². The minimum atomic E-state index is -0.786. The van der Waals surface area contributed by atoms with E-state index in [2.05, 4.69) is 15.9 Å². The molecule has 31 heavy (non-hydrogen) atoms. The number of halogens is 1. The third kappa shape index (κ3) is 5.74. The maximum Gasteiger partial charge on any atom is 0.412 e. The molecule has 1 aliphatic rings. The molecule has 7 heteroatoms. The van der Waals surface area contributed by atoms with E-state index in [1.54, 1.807) is 9.80 Å². The van der Waals surface area contributed by atoms with Gasteiger partial charge in [0.15, 0.2) is 0 Å². The predicted octanol–water partition coefficient (Wildman–Crippen LogP) is 5.13. The number of rotatable bonds is 6. The van der Waals surface area contributed by atoms with Crippen molar-refractivity contribution in [2.24, 2.45) is 0 Å². The number of carbonyl (C=O) groups is 2. The van der Waals surface area contributed by atoms with E-state index in [4.69, 9.17) is 9.47 Å². The van der Waals surface area contributed by atoms with E-state index in [9.17, 15) is 9.59 Å². The fourth-order valence-corrected chi connectivity index (χ4v) is 4.01. The normalized spacial score (nSPS) is 17.7. The average Bonchev–Trinajstić information content (AvgIpc) is 3.05. The molecule has 1 aliphatic heterocycles. The van der Waals surface area contributed by atoms with Gasteiger partial charge in [0, 0.05) is 17.9 Å². The standard InChI is InChI=1S/C24H27BrN2O4/c1-18(28)26(22-14-8-7-13-21(22)25)15-9-12-20-17-31-24(2,3)27(20)23(29)30-16-19-10-5-4-6-11-19/h4-14,20H,15-17H2,1-3H3/t20-/m1/s1. The second-order valence-electron chi connectivity index (χ2n) is 7.74. The molecule has 2 amide bonds. The SMILES string of the molecule is CC(=O)N(CC=C[C@@H]1COC(C)(C)N1C(=O)OCc1ccccc1)c1ccccc1Br. The van der Waals surface area contributed by atoms with Crippen molar-refractivity contribution in [2.45, 2.75) is 39.1 Å². The Balaban J connectivity index is 1.68. The molecule has 164 valence electrons. The molecule has 0 aliphatic carbocycles. The Morgan fingerprint density at radius 1 is 1.19 bits per heavy atom. The summed E-state index contributed by atoms with van der Waals surface area (Å²) in [6.07, 6.45) is 3.34. The molecule has 0 unspecified atom stereocenters. The molecule has 1 saturated heterocycles. The lowest BCUT2D eigenvalue weighted by molar-refractivity contribution is -0.116. The molecule has 1 fully saturated rings. The van der Waals surface area contributed by atoms with E-state index < -0.39 is 11.8 Å². The number of benzene rings is 2. The fourth-order valence-electron chi connectivity index (χ4n) is 3.51. The first-order valence-corrected chi connectivity index (χ1v) is 10.9. The van der Waals surface area contributed by atoms with Crippen LogP contribution in [0.5, 0.6) is 0 Å². The van der Waals surface area contributed by atoms with Crippen molar-refractivity contribution in [1.82, 2.24) is 4.90 Å². The first kappa shape index (κ1) is 23.0. The summed E-state index contributed by atoms with van der Waals surface area (Å²) in [4.78, 5) is 28.3. The van der Waals surface area contributed by atoms with Gasteiger partial charge in [0.25, 0.3) is 0 Å². The van der Waals surface area contributed by atoms with Crippen LogP contribution in [0, 0.1) is 0 Å². The van der Waals surface area contributed by atoms with Gasteiger partial charge >= 0.3 is 6.09 Å². The van der Waals surface area contributed by atoms with Crippen molar-refractivity contribution >= 4 is 33.6 Å². The summed E-state index contributed by atoms with van der Waals surface area (Å²) in [5, 5.41) is 0. The molecule has 0 bridgehead atoms. The number of para-hydroxylation sites is 1. The molecule has 6 nitrogen and oxygen atoms in total. The first-order chi connectivity index (χ1) is 14.8. The molecule has 2 aromatic carbocycles. The van der Waals surface area contributed by atoms with Crippen LogP contribution in [0.4, 0.5) is 10.5 Å². The van der Waals surface area contributed by atoms with Gasteiger partial charge in [0.05, 0.1) is 18.3 Å². The highest BCUT2D eigenvalue weighted by molar-refractivity contribution is 9.10. The molecular formula is C24H27BrN2O4. The second-order valence-corrected chi connectivity index (χ2v) is 8.60. The van der Waals surface area contributed by atoms with E-state index in [0.717, 1.165) is 15.7 Å². The van der Waals surface area contributed by atoms with E-state index in [-0.39, 0.29) is 18.6 Å². The van der Waals surface area contributed by atoms with Crippen molar-refractivity contribution in [2.75, 3.05) is 18.1 Å². The number of ether oxygens (including phenoxy) is 2. The van der Waals surface area contributed by atoms with Crippen LogP contribution < -0.4 is 4.90 Å². The Morgan fingerprint density at radius 2 is 1.87 bits per heavy atom. The van der Waals surface area contributed by atoms with Crippen molar-refractivity contribution < 1.29 is 19.1 Å². The third-order valence-electron chi connectivity index (χ3n) is 5.09. The van der Waals surface area contributed by atoms with E-state index >= 15 is 0 Å². The van der Waals surface area contributed by atoms with Crippen LogP contribution in [-0.2, 0) is 20.9 Å². The number of nitrogens with zero attached hydrogens (tertiary/aromatic N) is 2. The van der Waals surface area contributed by atoms with Crippen LogP contribution in [-0.4, -0.2) is 41.8 Å². The van der Waals surface area contributed by atoms with E-state index in [0.29, 0.717) is 13.2 Å². The zero-order valence-corrected chi connectivity index (χ0v) is 19.5. The number of amides is 2. The Morgan fingerprint density at radius 3 is 2.55 bits per heavy atom. The van der Waals surface area contributed by atoms with Gasteiger partial charge in [0.2, 0.25) is 5.91 Å². The van der Waals surface area contributed by atoms with Crippen LogP contribution >= 0.6 is 15.9 Å². The van der Waals surface area contributed by atoms with Crippen LogP contribution in [0.1, 0.15) is 26.3 Å². The lowest BCUT2D eigenvalue weighted by atomic mass is 10.2. The van der Waals surface area contributed by atoms with Crippen molar-refractivity contribution in [1.29, 1.82) is 0 Å². The van der Waals surface area contributed by atoms with Crippen molar-refractivity contribution in [3.63, 3.8) is 0 Å². The fraction of sp³-hybridized carbons (Fsp3) is 0.333. The maximum atomic E-state index is 12.8. The molecule has 0 saturated carbocycles. The smallest absolute Gasteiger partial charge is 0.412 e. The first-order valence-electron chi connectivity index (χ1n) is 10.1. The lowest BCUT2D eigenvalue weighted by Gasteiger charge is -2.31. The van der Waals surface area contributed by atoms with Gasteiger partial charge in [-0.1, -0.05) is 54.6 Å². The molecule has 1 heterocycles. The monoisotopic (exact) mass is 486 g/mol. The molecule has 0 aromatic heterocycles. The predicted molar refractivity (Wildman–Crippen MR) is 124 cm³/mol. The van der Waals surface area contributed by atoms with Gasteiger partial charge in [-0.2, -0.15) is 0 Å². The van der Waals surface area contributed by atoms with Gasteiger partial charge in [0.1, 0.15) is 12.3 Å². The number of anilines is 1. The quantitative estimate of drug-likeness (QED) is 0.530. The zero-order valence-electron chi connectivity index (χ0n) is 18.0. The number of carbonyl (C=O) groups excluding carboxylic acids is 2. The Kier molecular flexibility index (Phi) is 7.51. The van der Waals surface area contributed by atoms with Gasteiger partial charge in [-0.05, 0) is 47.5 Å². The van der Waals surface area contributed by atoms with Crippen LogP contribution in [0.15, 0.2) is 71.2 Å². The lowest BCUT2D eigenvalue weighted by Crippen LogP contribution is -2.47. The largest absolute Gasteiger partial charge is 0.444 e. The Labute approximate surface area is 191 Å². The van der Waals surface area contributed by atoms with Gasteiger partial charge in [-0.15, -0.1) is 0 Å². The highest BCUT2D eigenvalue weighted by atomic mass is 79.9. The summed E-state index contributed by atoms with van der Waals surface area (Å²) in [5.74, 6) is -0.0707. The summed E-state index contributed by atoms with van der Waals surface area (Å²) in [7, 11) is 0. The highest BCUT2D eigenvalue weighted by Gasteiger charge is 2.43. The van der Waals surface area contributed by atoms with Crippen LogP contribution in [0.3, 0.4) is 0 Å². The Hall–Kier alpha value is -2.64. The number of hydrogen-bond donors (Lipinski definition) is 0. The topological polar surface area (TPSA) is 59.1 Å². The van der Waals surface area contributed by atoms with Crippen LogP contribution in [0.25, 0.3) is 0 Å². The van der Waals surface area contributed by atoms with E-state index in [1.807, 2.05) is 80.6 Å². The van der Waals surface area contributed by atoms with Gasteiger partial charge in [-0.3, -0.25) is 9.69 Å². The van der Waals surface area contributed by atoms with Crippen molar-refractivity contribution in [3.8, 4) is 0 Å². The average molecular weight is 487 g/mol. The minimum absolute atomic E-state index is 0.0707. The molecule has 2 aromatic rings. The molecule has 0 radical (unpaired) electrons. The summed E-state index contributed by atoms with van der Waals surface area (Å²) in [6.45, 7) is 6.15. The van der Waals surface area contributed by atoms with Gasteiger partial charge in [-0.25, -0.2) is 4.79 Å². The summed E-state index contributed by atoms with van der Waals surface area (Å²) >= 11 is 3.50. The maximum absolute atomic E-state index is 12.8. The Bertz CT molecular complexity index is 946. The minimum Gasteiger partial charge on any atom is -0.444 e. The molecular weight excluding hydrogens is 460 g/mol. The summed E-state index contributed by atoms with van der Waals surface area (Å²) in [6, 6.07) is 16.8. The molecule has 3 rings (SSSR count). The molecule has 0 N–H and O–H groups in total. The van der Waals surface area contributed by atoms with Crippen molar-refractivity contribution in [3.05, 3.63) is 76.8 Å². The molecule has 1 atom stereocenters. The van der Waals surface area contributed by atoms with Crippen LogP contribution in [0.2, 0.25) is 0 Å². The second kappa shape index (κ2) is 10.1. The number of hydrogen-bond acceptors (Lipinski definition) is 4. The molecule has 0 spiro atoms. The highest BCUT2D eigenvalue weighted by Crippen LogP contribution is 2.30. The summed E-state index contributed by atoms with van der Waals surface area (Å²) < 4.78 is 12.2. The summed E-state index contributed by atoms with van der Waals surface area (Å²) in [5.41, 5.74) is 0.930. The third-order valence-corrected chi connectivity index (χ3v) is 5.76. The zero-order chi connectivity index (χ0) is 22.4.